The second-order valence-electron chi connectivity index (χ2n) is 3.51. The van der Waals surface area contributed by atoms with Gasteiger partial charge in [-0.15, -0.1) is 0 Å². The minimum atomic E-state index is 0.601. The third-order valence-corrected chi connectivity index (χ3v) is 3.34. The molecule has 2 rings (SSSR count). The van der Waals surface area contributed by atoms with Gasteiger partial charge in [-0.05, 0) is 44.0 Å². The summed E-state index contributed by atoms with van der Waals surface area (Å²) in [7, 11) is 1.61. The van der Waals surface area contributed by atoms with Crippen LogP contribution in [0.4, 0.5) is 5.82 Å². The van der Waals surface area contributed by atoms with E-state index in [9.17, 15) is 0 Å². The molecule has 2 heterocycles. The summed E-state index contributed by atoms with van der Waals surface area (Å²) in [4.78, 5) is 8.43. The number of methoxy groups -OCH3 is 1. The minimum absolute atomic E-state index is 0.601. The monoisotopic (exact) mass is 371 g/mol. The zero-order valence-corrected chi connectivity index (χ0v) is 12.8. The molecule has 2 aromatic rings. The van der Waals surface area contributed by atoms with Gasteiger partial charge in [0.2, 0.25) is 5.88 Å². The predicted molar refractivity (Wildman–Crippen MR) is 77.8 cm³/mol. The molecule has 0 amide bonds. The third kappa shape index (κ3) is 3.20. The highest BCUT2D eigenvalue weighted by molar-refractivity contribution is 9.11. The number of halogens is 2. The van der Waals surface area contributed by atoms with Gasteiger partial charge >= 0.3 is 0 Å². The first-order chi connectivity index (χ1) is 8.70. The van der Waals surface area contributed by atoms with E-state index >= 15 is 0 Å². The van der Waals surface area contributed by atoms with Gasteiger partial charge in [-0.1, -0.05) is 6.07 Å². The summed E-state index contributed by atoms with van der Waals surface area (Å²) >= 11 is 6.82. The Bertz CT molecular complexity index is 549. The molecule has 0 fully saturated rings. The van der Waals surface area contributed by atoms with E-state index < -0.39 is 0 Å². The first-order valence-corrected chi connectivity index (χ1v) is 6.82. The van der Waals surface area contributed by atoms with Crippen LogP contribution in [0.15, 0.2) is 39.5 Å². The lowest BCUT2D eigenvalue weighted by atomic mass is 10.2. The molecule has 94 valence electrons. The van der Waals surface area contributed by atoms with Crippen LogP contribution in [0.5, 0.6) is 5.88 Å². The Hall–Kier alpha value is -1.14. The van der Waals surface area contributed by atoms with Crippen LogP contribution < -0.4 is 10.1 Å². The number of anilines is 1. The van der Waals surface area contributed by atoms with E-state index in [4.69, 9.17) is 4.74 Å². The van der Waals surface area contributed by atoms with Crippen molar-refractivity contribution in [3.63, 3.8) is 0 Å². The molecule has 2 aromatic heterocycles. The maximum atomic E-state index is 5.19. The predicted octanol–water partition coefficient (Wildman–Crippen LogP) is 3.62. The first-order valence-electron chi connectivity index (χ1n) is 5.23. The van der Waals surface area contributed by atoms with Crippen molar-refractivity contribution in [1.29, 1.82) is 0 Å². The van der Waals surface area contributed by atoms with Crippen LogP contribution in [0.1, 0.15) is 5.56 Å². The number of pyridine rings is 2. The van der Waals surface area contributed by atoms with Crippen LogP contribution in [0.2, 0.25) is 0 Å². The zero-order chi connectivity index (χ0) is 13.0. The Kier molecular flexibility index (Phi) is 4.54. The van der Waals surface area contributed by atoms with Crippen molar-refractivity contribution >= 4 is 37.7 Å². The summed E-state index contributed by atoms with van der Waals surface area (Å²) in [6, 6.07) is 5.78. The van der Waals surface area contributed by atoms with E-state index in [1.807, 2.05) is 18.2 Å². The second-order valence-corrected chi connectivity index (χ2v) is 5.28. The number of aromatic nitrogens is 2. The van der Waals surface area contributed by atoms with Crippen LogP contribution in [0, 0.1) is 0 Å². The fourth-order valence-electron chi connectivity index (χ4n) is 1.47. The third-order valence-electron chi connectivity index (χ3n) is 2.30. The Balaban J connectivity index is 2.11. The smallest absolute Gasteiger partial charge is 0.218 e. The molecule has 0 aliphatic heterocycles. The lowest BCUT2D eigenvalue weighted by Gasteiger charge is -2.10. The molecular formula is C12H11Br2N3O. The first kappa shape index (κ1) is 13.3. The lowest BCUT2D eigenvalue weighted by molar-refractivity contribution is 0.393. The highest BCUT2D eigenvalue weighted by Gasteiger charge is 2.05. The molecule has 0 unspecified atom stereocenters. The van der Waals surface area contributed by atoms with Crippen molar-refractivity contribution in [2.45, 2.75) is 6.54 Å². The maximum Gasteiger partial charge on any atom is 0.218 e. The molecule has 4 nitrogen and oxygen atoms in total. The van der Waals surface area contributed by atoms with Gasteiger partial charge in [0.25, 0.3) is 0 Å². The van der Waals surface area contributed by atoms with Crippen LogP contribution in [-0.4, -0.2) is 17.1 Å². The van der Waals surface area contributed by atoms with E-state index in [-0.39, 0.29) is 0 Å². The number of rotatable bonds is 4. The Morgan fingerprint density at radius 3 is 2.89 bits per heavy atom. The SMILES string of the molecule is COc1ncccc1CNc1ncc(Br)cc1Br. The Morgan fingerprint density at radius 1 is 1.33 bits per heavy atom. The molecule has 0 atom stereocenters. The molecule has 0 aliphatic carbocycles. The van der Waals surface area contributed by atoms with Crippen molar-refractivity contribution in [1.82, 2.24) is 9.97 Å². The van der Waals surface area contributed by atoms with Gasteiger partial charge < -0.3 is 10.1 Å². The number of ether oxygens (including phenoxy) is 1. The summed E-state index contributed by atoms with van der Waals surface area (Å²) < 4.78 is 7.02. The summed E-state index contributed by atoms with van der Waals surface area (Å²) in [6.45, 7) is 0.601. The largest absolute Gasteiger partial charge is 0.481 e. The van der Waals surface area contributed by atoms with E-state index in [2.05, 4.69) is 47.1 Å². The van der Waals surface area contributed by atoms with Gasteiger partial charge in [0, 0.05) is 29.0 Å². The molecule has 0 aliphatic rings. The number of nitrogens with one attached hydrogen (secondary N) is 1. The molecule has 0 saturated heterocycles. The maximum absolute atomic E-state index is 5.19. The Labute approximate surface area is 122 Å². The molecular weight excluding hydrogens is 362 g/mol. The average molecular weight is 373 g/mol. The lowest BCUT2D eigenvalue weighted by Crippen LogP contribution is -2.04. The van der Waals surface area contributed by atoms with Gasteiger partial charge in [0.15, 0.2) is 0 Å². The van der Waals surface area contributed by atoms with Crippen molar-refractivity contribution in [3.05, 3.63) is 45.1 Å². The topological polar surface area (TPSA) is 47.0 Å². The Morgan fingerprint density at radius 2 is 2.17 bits per heavy atom. The second kappa shape index (κ2) is 6.15. The number of hydrogen-bond donors (Lipinski definition) is 1. The molecule has 0 saturated carbocycles. The zero-order valence-electron chi connectivity index (χ0n) is 9.65. The molecule has 0 aromatic carbocycles. The molecule has 1 N–H and O–H groups in total. The van der Waals surface area contributed by atoms with Crippen LogP contribution in [0.3, 0.4) is 0 Å². The molecule has 18 heavy (non-hydrogen) atoms. The standard InChI is InChI=1S/C12H11Br2N3O/c1-18-12-8(3-2-4-15-12)6-16-11-10(14)5-9(13)7-17-11/h2-5,7H,6H2,1H3,(H,16,17). The van der Waals surface area contributed by atoms with Crippen molar-refractivity contribution in [2.75, 3.05) is 12.4 Å². The van der Waals surface area contributed by atoms with Crippen molar-refractivity contribution in [2.24, 2.45) is 0 Å². The highest BCUT2D eigenvalue weighted by atomic mass is 79.9. The molecule has 0 bridgehead atoms. The summed E-state index contributed by atoms with van der Waals surface area (Å²) in [5.74, 6) is 1.40. The number of hydrogen-bond acceptors (Lipinski definition) is 4. The summed E-state index contributed by atoms with van der Waals surface area (Å²) in [5, 5.41) is 3.23. The number of nitrogens with zero attached hydrogens (tertiary/aromatic N) is 2. The van der Waals surface area contributed by atoms with Gasteiger partial charge in [-0.3, -0.25) is 0 Å². The fourth-order valence-corrected chi connectivity index (χ4v) is 2.59. The van der Waals surface area contributed by atoms with Crippen LogP contribution >= 0.6 is 31.9 Å². The summed E-state index contributed by atoms with van der Waals surface area (Å²) in [5.41, 5.74) is 0.983. The minimum Gasteiger partial charge on any atom is -0.481 e. The molecule has 6 heteroatoms. The molecule has 0 radical (unpaired) electrons. The van der Waals surface area contributed by atoms with Crippen molar-refractivity contribution < 1.29 is 4.74 Å². The van der Waals surface area contributed by atoms with Gasteiger partial charge in [-0.25, -0.2) is 9.97 Å². The average Bonchev–Trinajstić information content (AvgIpc) is 2.38. The van der Waals surface area contributed by atoms with Gasteiger partial charge in [-0.2, -0.15) is 0 Å². The van der Waals surface area contributed by atoms with Crippen LogP contribution in [-0.2, 0) is 6.54 Å². The van der Waals surface area contributed by atoms with E-state index in [0.717, 1.165) is 20.3 Å². The van der Waals surface area contributed by atoms with Gasteiger partial charge in [0.05, 0.1) is 11.6 Å². The van der Waals surface area contributed by atoms with E-state index in [1.54, 1.807) is 19.5 Å². The van der Waals surface area contributed by atoms with Gasteiger partial charge in [0.1, 0.15) is 5.82 Å². The summed E-state index contributed by atoms with van der Waals surface area (Å²) in [6.07, 6.45) is 3.45. The molecule has 0 spiro atoms. The quantitative estimate of drug-likeness (QED) is 0.890. The van der Waals surface area contributed by atoms with E-state index in [1.165, 1.54) is 0 Å². The van der Waals surface area contributed by atoms with Crippen molar-refractivity contribution in [3.8, 4) is 5.88 Å². The van der Waals surface area contributed by atoms with Crippen LogP contribution in [0.25, 0.3) is 0 Å². The van der Waals surface area contributed by atoms with E-state index in [0.29, 0.717) is 12.4 Å². The normalized spacial score (nSPS) is 10.2. The highest BCUT2D eigenvalue weighted by Crippen LogP contribution is 2.24. The fraction of sp³-hybridized carbons (Fsp3) is 0.167.